The van der Waals surface area contributed by atoms with Gasteiger partial charge in [-0.2, -0.15) is 18.3 Å². The van der Waals surface area contributed by atoms with Crippen LogP contribution in [-0.4, -0.2) is 35.6 Å². The van der Waals surface area contributed by atoms with Gasteiger partial charge in [0, 0.05) is 24.8 Å². The predicted octanol–water partition coefficient (Wildman–Crippen LogP) is 3.67. The van der Waals surface area contributed by atoms with E-state index < -0.39 is 17.8 Å². The van der Waals surface area contributed by atoms with Gasteiger partial charge in [0.15, 0.2) is 0 Å². The van der Waals surface area contributed by atoms with E-state index in [1.807, 2.05) is 6.07 Å². The number of hydrogen-bond acceptors (Lipinski definition) is 3. The Hall–Kier alpha value is -2.55. The molecule has 0 aliphatic carbocycles. The number of aromatic nitrogens is 2. The standard InChI is InChI=1S/C18H21F3N4O2/c1-11-7-12(2)25(24-11)16-4-3-14(18(19,20)21)8-15(16)23-17(26)22-9-13-5-6-27-10-13/h3-4,7-8,13H,5-6,9-10H2,1-2H3,(H2,22,23,26). The summed E-state index contributed by atoms with van der Waals surface area (Å²) in [5.41, 5.74) is 1.04. The molecule has 1 aliphatic rings. The van der Waals surface area contributed by atoms with Gasteiger partial charge in [-0.05, 0) is 44.5 Å². The Kier molecular flexibility index (Phi) is 5.41. The van der Waals surface area contributed by atoms with E-state index in [4.69, 9.17) is 4.74 Å². The Morgan fingerprint density at radius 3 is 2.70 bits per heavy atom. The van der Waals surface area contributed by atoms with E-state index in [2.05, 4.69) is 15.7 Å². The second-order valence-electron chi connectivity index (χ2n) is 6.63. The minimum Gasteiger partial charge on any atom is -0.381 e. The van der Waals surface area contributed by atoms with E-state index in [0.717, 1.165) is 29.9 Å². The van der Waals surface area contributed by atoms with E-state index >= 15 is 0 Å². The highest BCUT2D eigenvalue weighted by Crippen LogP contribution is 2.33. The number of benzene rings is 1. The van der Waals surface area contributed by atoms with Crippen molar-refractivity contribution in [1.29, 1.82) is 0 Å². The fraction of sp³-hybridized carbons (Fsp3) is 0.444. The molecule has 3 rings (SSSR count). The van der Waals surface area contributed by atoms with Gasteiger partial charge in [-0.15, -0.1) is 0 Å². The number of nitrogens with zero attached hydrogens (tertiary/aromatic N) is 2. The number of anilines is 1. The fourth-order valence-electron chi connectivity index (χ4n) is 3.02. The van der Waals surface area contributed by atoms with Crippen molar-refractivity contribution >= 4 is 11.7 Å². The molecule has 6 nitrogen and oxygen atoms in total. The summed E-state index contributed by atoms with van der Waals surface area (Å²) in [6, 6.07) is 4.45. The molecule has 9 heteroatoms. The van der Waals surface area contributed by atoms with Crippen molar-refractivity contribution in [2.24, 2.45) is 5.92 Å². The van der Waals surface area contributed by atoms with Gasteiger partial charge >= 0.3 is 12.2 Å². The number of urea groups is 1. The van der Waals surface area contributed by atoms with Crippen LogP contribution in [0.25, 0.3) is 5.69 Å². The Morgan fingerprint density at radius 1 is 1.33 bits per heavy atom. The molecule has 1 aliphatic heterocycles. The van der Waals surface area contributed by atoms with Gasteiger partial charge < -0.3 is 15.4 Å². The van der Waals surface area contributed by atoms with Crippen molar-refractivity contribution in [3.63, 3.8) is 0 Å². The minimum absolute atomic E-state index is 0.0381. The van der Waals surface area contributed by atoms with Crippen LogP contribution in [-0.2, 0) is 10.9 Å². The first kappa shape index (κ1) is 19.2. The van der Waals surface area contributed by atoms with Gasteiger partial charge in [-0.3, -0.25) is 0 Å². The molecule has 0 bridgehead atoms. The lowest BCUT2D eigenvalue weighted by Gasteiger charge is -2.16. The number of amides is 2. The molecule has 1 fully saturated rings. The van der Waals surface area contributed by atoms with Crippen LogP contribution in [0.5, 0.6) is 0 Å². The van der Waals surface area contributed by atoms with Gasteiger partial charge in [-0.25, -0.2) is 9.48 Å². The molecule has 1 atom stereocenters. The summed E-state index contributed by atoms with van der Waals surface area (Å²) in [7, 11) is 0. The van der Waals surface area contributed by atoms with E-state index in [-0.39, 0.29) is 11.6 Å². The molecular formula is C18H21F3N4O2. The zero-order valence-corrected chi connectivity index (χ0v) is 15.1. The topological polar surface area (TPSA) is 68.2 Å². The molecule has 0 saturated carbocycles. The monoisotopic (exact) mass is 382 g/mol. The van der Waals surface area contributed by atoms with Crippen molar-refractivity contribution in [2.45, 2.75) is 26.4 Å². The average molecular weight is 382 g/mol. The lowest BCUT2D eigenvalue weighted by atomic mass is 10.1. The van der Waals surface area contributed by atoms with E-state index in [1.54, 1.807) is 13.8 Å². The predicted molar refractivity (Wildman–Crippen MR) is 94.0 cm³/mol. The van der Waals surface area contributed by atoms with Gasteiger partial charge in [-0.1, -0.05) is 0 Å². The number of rotatable bonds is 4. The zero-order valence-electron chi connectivity index (χ0n) is 15.1. The SMILES string of the molecule is Cc1cc(C)n(-c2ccc(C(F)(F)F)cc2NC(=O)NCC2CCOC2)n1. The Bertz CT molecular complexity index is 826. The van der Waals surface area contributed by atoms with Crippen molar-refractivity contribution in [3.8, 4) is 5.69 Å². The van der Waals surface area contributed by atoms with Crippen LogP contribution < -0.4 is 10.6 Å². The van der Waals surface area contributed by atoms with E-state index in [9.17, 15) is 18.0 Å². The molecule has 0 radical (unpaired) electrons. The van der Waals surface area contributed by atoms with Gasteiger partial charge in [0.2, 0.25) is 0 Å². The van der Waals surface area contributed by atoms with Gasteiger partial charge in [0.1, 0.15) is 0 Å². The highest BCUT2D eigenvalue weighted by atomic mass is 19.4. The molecule has 1 aromatic heterocycles. The van der Waals surface area contributed by atoms with Crippen LogP contribution >= 0.6 is 0 Å². The second kappa shape index (κ2) is 7.59. The molecule has 1 aromatic carbocycles. The molecule has 27 heavy (non-hydrogen) atoms. The van der Waals surface area contributed by atoms with Crippen molar-refractivity contribution in [1.82, 2.24) is 15.1 Å². The summed E-state index contributed by atoms with van der Waals surface area (Å²) in [6.45, 7) is 5.21. The molecule has 2 heterocycles. The number of ether oxygens (including phenoxy) is 1. The second-order valence-corrected chi connectivity index (χ2v) is 6.63. The third kappa shape index (κ3) is 4.60. The van der Waals surface area contributed by atoms with Crippen LogP contribution in [0.15, 0.2) is 24.3 Å². The highest BCUT2D eigenvalue weighted by molar-refractivity contribution is 5.91. The molecule has 2 amide bonds. The van der Waals surface area contributed by atoms with Gasteiger partial charge in [0.25, 0.3) is 0 Å². The molecular weight excluding hydrogens is 361 g/mol. The average Bonchev–Trinajstić information content (AvgIpc) is 3.21. The maximum Gasteiger partial charge on any atom is 0.416 e. The summed E-state index contributed by atoms with van der Waals surface area (Å²) < 4.78 is 46.1. The molecule has 0 spiro atoms. The summed E-state index contributed by atoms with van der Waals surface area (Å²) >= 11 is 0. The summed E-state index contributed by atoms with van der Waals surface area (Å²) in [5, 5.41) is 9.52. The minimum atomic E-state index is -4.51. The van der Waals surface area contributed by atoms with Crippen LogP contribution in [0, 0.1) is 19.8 Å². The van der Waals surface area contributed by atoms with Crippen LogP contribution in [0.2, 0.25) is 0 Å². The Labute approximate surface area is 154 Å². The fourth-order valence-corrected chi connectivity index (χ4v) is 3.02. The van der Waals surface area contributed by atoms with Crippen molar-refractivity contribution in [3.05, 3.63) is 41.2 Å². The molecule has 146 valence electrons. The number of carbonyl (C=O) groups is 1. The first-order valence-electron chi connectivity index (χ1n) is 8.61. The van der Waals surface area contributed by atoms with Crippen molar-refractivity contribution in [2.75, 3.05) is 25.1 Å². The zero-order chi connectivity index (χ0) is 19.6. The highest BCUT2D eigenvalue weighted by Gasteiger charge is 2.31. The number of alkyl halides is 3. The molecule has 2 N–H and O–H groups in total. The third-order valence-corrected chi connectivity index (χ3v) is 4.39. The number of hydrogen-bond donors (Lipinski definition) is 2. The Morgan fingerprint density at radius 2 is 2.11 bits per heavy atom. The van der Waals surface area contributed by atoms with E-state index in [1.165, 1.54) is 10.7 Å². The van der Waals surface area contributed by atoms with Crippen LogP contribution in [0.3, 0.4) is 0 Å². The van der Waals surface area contributed by atoms with Crippen molar-refractivity contribution < 1.29 is 22.7 Å². The lowest BCUT2D eigenvalue weighted by Crippen LogP contribution is -2.33. The summed E-state index contributed by atoms with van der Waals surface area (Å²) in [5.74, 6) is 0.215. The molecule has 2 aromatic rings. The number of aryl methyl sites for hydroxylation is 2. The molecule has 1 saturated heterocycles. The third-order valence-electron chi connectivity index (χ3n) is 4.39. The summed E-state index contributed by atoms with van der Waals surface area (Å²) in [4.78, 5) is 12.2. The van der Waals surface area contributed by atoms with Gasteiger partial charge in [0.05, 0.1) is 29.2 Å². The molecule has 1 unspecified atom stereocenters. The largest absolute Gasteiger partial charge is 0.416 e. The normalized spacial score (nSPS) is 17.1. The first-order valence-corrected chi connectivity index (χ1v) is 8.61. The quantitative estimate of drug-likeness (QED) is 0.848. The Balaban J connectivity index is 1.85. The maximum absolute atomic E-state index is 13.1. The van der Waals surface area contributed by atoms with Crippen LogP contribution in [0.4, 0.5) is 23.7 Å². The lowest BCUT2D eigenvalue weighted by molar-refractivity contribution is -0.137. The number of nitrogens with one attached hydrogen (secondary N) is 2. The van der Waals surface area contributed by atoms with E-state index in [0.29, 0.717) is 25.4 Å². The number of carbonyl (C=O) groups excluding carboxylic acids is 1. The van der Waals surface area contributed by atoms with Crippen LogP contribution in [0.1, 0.15) is 23.4 Å². The smallest absolute Gasteiger partial charge is 0.381 e. The summed E-state index contributed by atoms with van der Waals surface area (Å²) in [6.07, 6.45) is -3.66. The first-order chi connectivity index (χ1) is 12.7. The number of halogens is 3. The maximum atomic E-state index is 13.1.